The van der Waals surface area contributed by atoms with Gasteiger partial charge in [0.05, 0.1) is 6.42 Å². The smallest absolute Gasteiger partial charge is 0.224 e. The van der Waals surface area contributed by atoms with E-state index in [2.05, 4.69) is 20.5 Å². The molecule has 178 valence electrons. The summed E-state index contributed by atoms with van der Waals surface area (Å²) in [4.78, 5) is 18.5. The first-order valence-electron chi connectivity index (χ1n) is 11.4. The molecule has 6 nitrogen and oxygen atoms in total. The van der Waals surface area contributed by atoms with Crippen LogP contribution in [0.1, 0.15) is 11.1 Å². The fourth-order valence-electron chi connectivity index (χ4n) is 3.83. The number of rotatable bonds is 9. The molecule has 0 unspecified atom stereocenters. The van der Waals surface area contributed by atoms with E-state index in [1.807, 2.05) is 0 Å². The summed E-state index contributed by atoms with van der Waals surface area (Å²) >= 11 is 0. The number of amides is 1. The first-order chi connectivity index (χ1) is 16.6. The fraction of sp³-hybridized carbons (Fsp3) is 0.308. The number of pyridine rings is 1. The molecule has 0 atom stereocenters. The van der Waals surface area contributed by atoms with E-state index in [1.165, 1.54) is 12.1 Å². The lowest BCUT2D eigenvalue weighted by Crippen LogP contribution is -2.44. The first kappa shape index (κ1) is 23.8. The molecule has 34 heavy (non-hydrogen) atoms. The van der Waals surface area contributed by atoms with Gasteiger partial charge in [0.1, 0.15) is 12.4 Å². The number of ether oxygens (including phenoxy) is 1. The van der Waals surface area contributed by atoms with Gasteiger partial charge in [-0.05, 0) is 34.9 Å². The monoisotopic (exact) mass is 466 g/mol. The topological polar surface area (TPSA) is 66.5 Å². The maximum atomic E-state index is 14.6. The molecular weight excluding hydrogens is 438 g/mol. The quantitative estimate of drug-likeness (QED) is 0.475. The summed E-state index contributed by atoms with van der Waals surface area (Å²) < 4.78 is 33.5. The highest BCUT2D eigenvalue weighted by Crippen LogP contribution is 2.24. The second-order valence-corrected chi connectivity index (χ2v) is 8.21. The van der Waals surface area contributed by atoms with Crippen molar-refractivity contribution in [3.05, 3.63) is 83.6 Å². The maximum Gasteiger partial charge on any atom is 0.224 e. The van der Waals surface area contributed by atoms with E-state index in [0.717, 1.165) is 38.3 Å². The molecule has 1 aromatic heterocycles. The van der Waals surface area contributed by atoms with Gasteiger partial charge in [0.25, 0.3) is 0 Å². The van der Waals surface area contributed by atoms with Crippen LogP contribution in [0.3, 0.4) is 0 Å². The van der Waals surface area contributed by atoms with Crippen LogP contribution in [0, 0.1) is 11.8 Å². The van der Waals surface area contributed by atoms with Gasteiger partial charge in [0.2, 0.25) is 17.7 Å². The molecular formula is C26H28F2N4O2. The average Bonchev–Trinajstić information content (AvgIpc) is 2.84. The van der Waals surface area contributed by atoms with Crippen LogP contribution in [-0.4, -0.2) is 55.1 Å². The van der Waals surface area contributed by atoms with Gasteiger partial charge in [-0.15, -0.1) is 0 Å². The summed E-state index contributed by atoms with van der Waals surface area (Å²) in [5.41, 5.74) is 2.53. The third kappa shape index (κ3) is 6.82. The van der Waals surface area contributed by atoms with Crippen molar-refractivity contribution in [1.29, 1.82) is 0 Å². The van der Waals surface area contributed by atoms with E-state index in [1.54, 1.807) is 48.5 Å². The minimum Gasteiger partial charge on any atom is -0.476 e. The molecule has 1 amide bonds. The van der Waals surface area contributed by atoms with Crippen molar-refractivity contribution in [1.82, 2.24) is 20.5 Å². The third-order valence-corrected chi connectivity index (χ3v) is 5.70. The zero-order valence-electron chi connectivity index (χ0n) is 18.9. The molecule has 2 aromatic carbocycles. The van der Waals surface area contributed by atoms with E-state index in [0.29, 0.717) is 23.3 Å². The third-order valence-electron chi connectivity index (χ3n) is 5.70. The Balaban J connectivity index is 1.28. The number of aromatic nitrogens is 1. The summed E-state index contributed by atoms with van der Waals surface area (Å²) in [5, 5.41) is 6.08. The molecule has 2 N–H and O–H groups in total. The molecule has 1 saturated heterocycles. The van der Waals surface area contributed by atoms with E-state index < -0.39 is 5.95 Å². The SMILES string of the molecule is O=C(Cc1ccc(-c2ccc(OCCN3CCNCC3)nc2F)cc1)NCc1cccc(F)c1. The minimum atomic E-state index is -0.597. The number of benzene rings is 2. The van der Waals surface area contributed by atoms with Gasteiger partial charge in [-0.25, -0.2) is 4.39 Å². The van der Waals surface area contributed by atoms with Crippen LogP contribution in [0.5, 0.6) is 5.88 Å². The lowest BCUT2D eigenvalue weighted by Gasteiger charge is -2.26. The molecule has 1 fully saturated rings. The van der Waals surface area contributed by atoms with Gasteiger partial charge in [0.15, 0.2) is 0 Å². The Kier molecular flexibility index (Phi) is 8.17. The van der Waals surface area contributed by atoms with Crippen LogP contribution in [0.4, 0.5) is 8.78 Å². The number of nitrogens with zero attached hydrogens (tertiary/aromatic N) is 2. The van der Waals surface area contributed by atoms with Crippen molar-refractivity contribution in [3.8, 4) is 17.0 Å². The summed E-state index contributed by atoms with van der Waals surface area (Å²) in [5.74, 6) is -0.839. The van der Waals surface area contributed by atoms with E-state index in [9.17, 15) is 13.6 Å². The van der Waals surface area contributed by atoms with Crippen molar-refractivity contribution in [3.63, 3.8) is 0 Å². The zero-order valence-corrected chi connectivity index (χ0v) is 18.9. The Hall–Kier alpha value is -3.36. The lowest BCUT2D eigenvalue weighted by atomic mass is 10.0. The summed E-state index contributed by atoms with van der Waals surface area (Å²) in [6, 6.07) is 16.5. The molecule has 1 aliphatic rings. The lowest BCUT2D eigenvalue weighted by molar-refractivity contribution is -0.120. The van der Waals surface area contributed by atoms with Crippen molar-refractivity contribution < 1.29 is 18.3 Å². The molecule has 8 heteroatoms. The van der Waals surface area contributed by atoms with E-state index in [-0.39, 0.29) is 30.6 Å². The van der Waals surface area contributed by atoms with Gasteiger partial charge < -0.3 is 15.4 Å². The molecule has 0 spiro atoms. The second kappa shape index (κ2) is 11.7. The predicted molar refractivity (Wildman–Crippen MR) is 126 cm³/mol. The molecule has 1 aliphatic heterocycles. The van der Waals surface area contributed by atoms with Gasteiger partial charge in [-0.1, -0.05) is 36.4 Å². The Bertz CT molecular complexity index is 1100. The zero-order chi connectivity index (χ0) is 23.8. The molecule has 0 saturated carbocycles. The van der Waals surface area contributed by atoms with Gasteiger partial charge >= 0.3 is 0 Å². The van der Waals surface area contributed by atoms with Crippen LogP contribution < -0.4 is 15.4 Å². The molecule has 3 aromatic rings. The molecule has 0 aliphatic carbocycles. The van der Waals surface area contributed by atoms with Crippen LogP contribution in [0.25, 0.3) is 11.1 Å². The van der Waals surface area contributed by atoms with Gasteiger partial charge in [-0.2, -0.15) is 9.37 Å². The Morgan fingerprint density at radius 1 is 1.03 bits per heavy atom. The van der Waals surface area contributed by atoms with Crippen molar-refractivity contribution in [2.45, 2.75) is 13.0 Å². The predicted octanol–water partition coefficient (Wildman–Crippen LogP) is 3.17. The van der Waals surface area contributed by atoms with Crippen LogP contribution in [0.2, 0.25) is 0 Å². The number of carbonyl (C=O) groups excluding carboxylic acids is 1. The summed E-state index contributed by atoms with van der Waals surface area (Å²) in [6.07, 6.45) is 0.177. The number of nitrogens with one attached hydrogen (secondary N) is 2. The highest BCUT2D eigenvalue weighted by atomic mass is 19.1. The standard InChI is InChI=1S/C26H28F2N4O2/c27-22-3-1-2-20(16-22)18-30-24(33)17-19-4-6-21(7-5-19)23-8-9-25(31-26(23)28)34-15-14-32-12-10-29-11-13-32/h1-9,16,29H,10-15,17-18H2,(H,30,33). The van der Waals surface area contributed by atoms with Crippen molar-refractivity contribution >= 4 is 5.91 Å². The van der Waals surface area contributed by atoms with Crippen LogP contribution >= 0.6 is 0 Å². The summed E-state index contributed by atoms with van der Waals surface area (Å²) in [7, 11) is 0. The average molecular weight is 467 g/mol. The maximum absolute atomic E-state index is 14.6. The number of halogens is 2. The highest BCUT2D eigenvalue weighted by molar-refractivity contribution is 5.78. The van der Waals surface area contributed by atoms with E-state index in [4.69, 9.17) is 4.74 Å². The Morgan fingerprint density at radius 2 is 1.82 bits per heavy atom. The number of carbonyl (C=O) groups is 1. The van der Waals surface area contributed by atoms with Gasteiger partial charge in [-0.3, -0.25) is 9.69 Å². The fourth-order valence-corrected chi connectivity index (χ4v) is 3.83. The van der Waals surface area contributed by atoms with Gasteiger partial charge in [0, 0.05) is 50.9 Å². The Morgan fingerprint density at radius 3 is 2.56 bits per heavy atom. The molecule has 4 rings (SSSR count). The van der Waals surface area contributed by atoms with E-state index >= 15 is 0 Å². The highest BCUT2D eigenvalue weighted by Gasteiger charge is 2.12. The van der Waals surface area contributed by atoms with Crippen molar-refractivity contribution in [2.24, 2.45) is 0 Å². The number of hydrogen-bond acceptors (Lipinski definition) is 5. The first-order valence-corrected chi connectivity index (χ1v) is 11.4. The normalized spacial score (nSPS) is 14.1. The largest absolute Gasteiger partial charge is 0.476 e. The molecule has 0 bridgehead atoms. The van der Waals surface area contributed by atoms with Crippen LogP contribution in [-0.2, 0) is 17.8 Å². The van der Waals surface area contributed by atoms with Crippen molar-refractivity contribution in [2.75, 3.05) is 39.3 Å². The Labute approximate surface area is 198 Å². The molecule has 2 heterocycles. The number of hydrogen-bond donors (Lipinski definition) is 2. The minimum absolute atomic E-state index is 0.174. The second-order valence-electron chi connectivity index (χ2n) is 8.21. The van der Waals surface area contributed by atoms with Crippen LogP contribution in [0.15, 0.2) is 60.7 Å². The summed E-state index contributed by atoms with van der Waals surface area (Å²) in [6.45, 7) is 5.41. The number of piperazine rings is 1. The molecule has 0 radical (unpaired) electrons.